The smallest absolute Gasteiger partial charge is 1.00 e. The first-order chi connectivity index (χ1) is 14.1. The van der Waals surface area contributed by atoms with Crippen molar-refractivity contribution in [1.29, 1.82) is 0 Å². The normalized spacial score (nSPS) is 30.3. The van der Waals surface area contributed by atoms with Crippen LogP contribution >= 0.6 is 0 Å². The third kappa shape index (κ3) is 8.32. The minimum Gasteiger partial charge on any atom is -1.00 e. The summed E-state index contributed by atoms with van der Waals surface area (Å²) in [5.41, 5.74) is 1.21. The van der Waals surface area contributed by atoms with Gasteiger partial charge in [0, 0.05) is 5.92 Å². The molecule has 0 bridgehead atoms. The molecular formula is C24H39NaO6. The van der Waals surface area contributed by atoms with Crippen LogP contribution in [0.1, 0.15) is 67.6 Å². The molecule has 3 N–H and O–H groups in total. The van der Waals surface area contributed by atoms with Gasteiger partial charge in [-0.1, -0.05) is 45.9 Å². The topological polar surface area (TPSA) is 104 Å². The zero-order valence-corrected chi connectivity index (χ0v) is 21.7. The van der Waals surface area contributed by atoms with Crippen LogP contribution in [-0.4, -0.2) is 45.6 Å². The van der Waals surface area contributed by atoms with Crippen molar-refractivity contribution in [1.82, 2.24) is 0 Å². The van der Waals surface area contributed by atoms with Crippen molar-refractivity contribution < 1.29 is 60.6 Å². The standard InChI is InChI=1S/C24H38O6.Na.H/c1-5-15(3)24(29)30-21-11-14(2)10-17-7-6-16(4)20(23(17)21)9-8-18(25)12-19(26)13-22(27)28;;/h6-7,10,14-16,18-21,23,25-26H,5,8-9,11-13H2,1-4H3,(H,27,28);;/q;+1;-1/t14-,15-,16-,18+,19+,20-,21-,23-;;/m0../s1. The van der Waals surface area contributed by atoms with Crippen molar-refractivity contribution in [3.63, 3.8) is 0 Å². The number of hydrogen-bond donors (Lipinski definition) is 3. The molecule has 172 valence electrons. The van der Waals surface area contributed by atoms with Gasteiger partial charge in [0.15, 0.2) is 0 Å². The van der Waals surface area contributed by atoms with E-state index in [0.717, 1.165) is 19.3 Å². The summed E-state index contributed by atoms with van der Waals surface area (Å²) < 4.78 is 6.00. The summed E-state index contributed by atoms with van der Waals surface area (Å²) in [5, 5.41) is 28.9. The molecule has 6 nitrogen and oxygen atoms in total. The van der Waals surface area contributed by atoms with Crippen molar-refractivity contribution in [3.05, 3.63) is 23.8 Å². The van der Waals surface area contributed by atoms with Gasteiger partial charge in [-0.25, -0.2) is 0 Å². The Morgan fingerprint density at radius 2 is 1.94 bits per heavy atom. The number of allylic oxidation sites excluding steroid dienone is 3. The summed E-state index contributed by atoms with van der Waals surface area (Å²) in [4.78, 5) is 23.2. The van der Waals surface area contributed by atoms with Crippen LogP contribution in [0.5, 0.6) is 0 Å². The first kappa shape index (κ1) is 28.4. The maximum absolute atomic E-state index is 12.5. The summed E-state index contributed by atoms with van der Waals surface area (Å²) in [7, 11) is 0. The average molecular weight is 447 g/mol. The second kappa shape index (κ2) is 13.1. The van der Waals surface area contributed by atoms with Gasteiger partial charge in [-0.05, 0) is 55.4 Å². The Hall–Kier alpha value is -0.660. The van der Waals surface area contributed by atoms with E-state index in [2.05, 4.69) is 32.1 Å². The van der Waals surface area contributed by atoms with Crippen molar-refractivity contribution in [3.8, 4) is 0 Å². The van der Waals surface area contributed by atoms with E-state index in [4.69, 9.17) is 9.84 Å². The molecule has 2 rings (SSSR count). The number of aliphatic hydroxyl groups is 2. The van der Waals surface area contributed by atoms with Gasteiger partial charge < -0.3 is 21.5 Å². The minimum atomic E-state index is -1.07. The number of aliphatic carboxylic acids is 1. The van der Waals surface area contributed by atoms with Crippen molar-refractivity contribution in [2.24, 2.45) is 29.6 Å². The molecule has 0 aromatic rings. The second-order valence-corrected chi connectivity index (χ2v) is 9.29. The number of carboxylic acids is 1. The van der Waals surface area contributed by atoms with Crippen LogP contribution in [0.4, 0.5) is 0 Å². The fourth-order valence-electron chi connectivity index (χ4n) is 4.76. The summed E-state index contributed by atoms with van der Waals surface area (Å²) in [6, 6.07) is 0. The zero-order chi connectivity index (χ0) is 22.4. The van der Waals surface area contributed by atoms with E-state index >= 15 is 0 Å². The summed E-state index contributed by atoms with van der Waals surface area (Å²) in [6.07, 6.45) is 7.07. The van der Waals surface area contributed by atoms with E-state index in [-0.39, 0.29) is 79.6 Å². The fraction of sp³-hybridized carbons (Fsp3) is 0.750. The van der Waals surface area contributed by atoms with Crippen LogP contribution < -0.4 is 29.6 Å². The van der Waals surface area contributed by atoms with Crippen molar-refractivity contribution >= 4 is 11.9 Å². The Bertz CT molecular complexity index is 667. The van der Waals surface area contributed by atoms with Crippen LogP contribution in [0.15, 0.2) is 23.8 Å². The Labute approximate surface area is 209 Å². The SMILES string of the molecule is CC[C@H](C)C(=O)O[C@H]1C[C@@H](C)C=C2C=C[C@H](C)[C@H](CC[C@@H](O)C[C@@H](O)CC(=O)O)[C@H]21.[H-].[Na+]. The molecule has 0 aromatic carbocycles. The molecule has 0 aromatic heterocycles. The Kier molecular flexibility index (Phi) is 12.0. The van der Waals surface area contributed by atoms with Gasteiger partial charge in [-0.15, -0.1) is 0 Å². The van der Waals surface area contributed by atoms with Gasteiger partial charge in [-0.2, -0.15) is 0 Å². The zero-order valence-electron chi connectivity index (χ0n) is 20.7. The fourth-order valence-corrected chi connectivity index (χ4v) is 4.76. The maximum Gasteiger partial charge on any atom is 1.00 e. The monoisotopic (exact) mass is 446 g/mol. The van der Waals surface area contributed by atoms with Crippen LogP contribution in [0.25, 0.3) is 0 Å². The first-order valence-corrected chi connectivity index (χ1v) is 11.3. The number of carbonyl (C=O) groups is 2. The summed E-state index contributed by atoms with van der Waals surface area (Å²) in [6.45, 7) is 8.16. The molecule has 0 aliphatic heterocycles. The molecule has 2 aliphatic rings. The number of carbonyl (C=O) groups excluding carboxylic acids is 1. The summed E-state index contributed by atoms with van der Waals surface area (Å²) in [5.74, 6) is -0.406. The van der Waals surface area contributed by atoms with Gasteiger partial charge in [0.2, 0.25) is 0 Å². The summed E-state index contributed by atoms with van der Waals surface area (Å²) >= 11 is 0. The van der Waals surface area contributed by atoms with Gasteiger partial charge in [0.25, 0.3) is 0 Å². The molecule has 0 unspecified atom stereocenters. The van der Waals surface area contributed by atoms with Crippen LogP contribution in [-0.2, 0) is 14.3 Å². The predicted molar refractivity (Wildman–Crippen MR) is 116 cm³/mol. The number of rotatable bonds is 10. The average Bonchev–Trinajstić information content (AvgIpc) is 2.65. The van der Waals surface area contributed by atoms with E-state index in [1.54, 1.807) is 0 Å². The van der Waals surface area contributed by atoms with Gasteiger partial charge >= 0.3 is 41.5 Å². The number of esters is 1. The van der Waals surface area contributed by atoms with Gasteiger partial charge in [0.1, 0.15) is 6.10 Å². The molecule has 7 heteroatoms. The number of fused-ring (bicyclic) bond motifs is 1. The molecule has 0 saturated heterocycles. The van der Waals surface area contributed by atoms with E-state index in [1.165, 1.54) is 5.57 Å². The van der Waals surface area contributed by atoms with E-state index in [1.807, 2.05) is 13.8 Å². The third-order valence-electron chi connectivity index (χ3n) is 6.67. The molecule has 0 radical (unpaired) electrons. The molecule has 0 amide bonds. The van der Waals surface area contributed by atoms with Gasteiger partial charge in [-0.3, -0.25) is 9.59 Å². The minimum absolute atomic E-state index is 0. The predicted octanol–water partition coefficient (Wildman–Crippen LogP) is 0.832. The molecule has 0 fully saturated rings. The van der Waals surface area contributed by atoms with E-state index in [9.17, 15) is 19.8 Å². The van der Waals surface area contributed by atoms with Crippen molar-refractivity contribution in [2.45, 2.75) is 84.5 Å². The van der Waals surface area contributed by atoms with E-state index < -0.39 is 18.2 Å². The number of hydrogen-bond acceptors (Lipinski definition) is 5. The Morgan fingerprint density at radius 3 is 2.55 bits per heavy atom. The number of carboxylic acid groups (broad SMARTS) is 1. The van der Waals surface area contributed by atoms with Crippen LogP contribution in [0.2, 0.25) is 0 Å². The molecule has 0 saturated carbocycles. The number of aliphatic hydroxyl groups excluding tert-OH is 2. The molecular weight excluding hydrogens is 407 g/mol. The second-order valence-electron chi connectivity index (χ2n) is 9.29. The molecule has 31 heavy (non-hydrogen) atoms. The maximum atomic E-state index is 12.5. The van der Waals surface area contributed by atoms with Crippen LogP contribution in [0.3, 0.4) is 0 Å². The number of ether oxygens (including phenoxy) is 1. The molecule has 0 heterocycles. The largest absolute Gasteiger partial charge is 1.00 e. The van der Waals surface area contributed by atoms with E-state index in [0.29, 0.717) is 12.3 Å². The molecule has 2 aliphatic carbocycles. The first-order valence-electron chi connectivity index (χ1n) is 11.3. The van der Waals surface area contributed by atoms with Gasteiger partial charge in [0.05, 0.1) is 24.5 Å². The Morgan fingerprint density at radius 1 is 1.26 bits per heavy atom. The quantitative estimate of drug-likeness (QED) is 0.339. The van der Waals surface area contributed by atoms with Crippen LogP contribution in [0, 0.1) is 29.6 Å². The third-order valence-corrected chi connectivity index (χ3v) is 6.67. The molecule has 0 spiro atoms. The van der Waals surface area contributed by atoms with Crippen molar-refractivity contribution in [2.75, 3.05) is 0 Å². The molecule has 8 atom stereocenters. The Balaban J connectivity index is 0.00000480.